The number of hydrogen-bond acceptors (Lipinski definition) is 2. The van der Waals surface area contributed by atoms with Crippen molar-refractivity contribution in [1.29, 1.82) is 0 Å². The minimum absolute atomic E-state index is 0.0464. The summed E-state index contributed by atoms with van der Waals surface area (Å²) in [7, 11) is 0. The Morgan fingerprint density at radius 1 is 1.05 bits per heavy atom. The van der Waals surface area contributed by atoms with Crippen molar-refractivity contribution in [3.63, 3.8) is 0 Å². The van der Waals surface area contributed by atoms with Crippen molar-refractivity contribution in [1.82, 2.24) is 5.32 Å². The molecule has 0 saturated carbocycles. The summed E-state index contributed by atoms with van der Waals surface area (Å²) in [6.45, 7) is 7.88. The van der Waals surface area contributed by atoms with Gasteiger partial charge in [-0.15, -0.1) is 0 Å². The largest absolute Gasteiger partial charge is 0.481 e. The van der Waals surface area contributed by atoms with E-state index >= 15 is 0 Å². The first-order valence-corrected chi connectivity index (χ1v) is 7.56. The molecule has 0 spiro atoms. The minimum Gasteiger partial charge on any atom is -0.481 e. The molecule has 1 N–H and O–H groups in total. The molecule has 0 heterocycles. The molecule has 0 aliphatic heterocycles. The maximum absolute atomic E-state index is 12.3. The number of carbonyl (C=O) groups excluding carboxylic acids is 1. The van der Waals surface area contributed by atoms with Crippen LogP contribution in [0.3, 0.4) is 0 Å². The molecule has 22 heavy (non-hydrogen) atoms. The lowest BCUT2D eigenvalue weighted by molar-refractivity contribution is -0.127. The highest BCUT2D eigenvalue weighted by atomic mass is 16.5. The van der Waals surface area contributed by atoms with Crippen LogP contribution in [0.5, 0.6) is 5.75 Å². The summed E-state index contributed by atoms with van der Waals surface area (Å²) in [5.74, 6) is 0.584. The number of hydrogen-bond donors (Lipinski definition) is 1. The zero-order valence-corrected chi connectivity index (χ0v) is 13.6. The summed E-state index contributed by atoms with van der Waals surface area (Å²) in [5, 5.41) is 3.01. The summed E-state index contributed by atoms with van der Waals surface area (Å²) in [6, 6.07) is 15.6. The number of aryl methyl sites for hydroxylation is 2. The third-order valence-electron chi connectivity index (χ3n) is 3.68. The van der Waals surface area contributed by atoms with Gasteiger partial charge in [-0.1, -0.05) is 42.0 Å². The smallest absolute Gasteiger partial charge is 0.261 e. The normalized spacial score (nSPS) is 13.3. The van der Waals surface area contributed by atoms with Crippen LogP contribution in [0.4, 0.5) is 0 Å². The predicted molar refractivity (Wildman–Crippen MR) is 89.0 cm³/mol. The Morgan fingerprint density at radius 3 is 2.36 bits per heavy atom. The van der Waals surface area contributed by atoms with Crippen LogP contribution in [0.15, 0.2) is 48.5 Å². The van der Waals surface area contributed by atoms with Gasteiger partial charge in [0.1, 0.15) is 5.75 Å². The van der Waals surface area contributed by atoms with Crippen LogP contribution >= 0.6 is 0 Å². The van der Waals surface area contributed by atoms with Gasteiger partial charge in [0, 0.05) is 0 Å². The number of amides is 1. The highest BCUT2D eigenvalue weighted by Gasteiger charge is 2.18. The van der Waals surface area contributed by atoms with Crippen molar-refractivity contribution in [2.24, 2.45) is 0 Å². The third-order valence-corrected chi connectivity index (χ3v) is 3.68. The summed E-state index contributed by atoms with van der Waals surface area (Å²) >= 11 is 0. The number of nitrogens with one attached hydrogen (secondary N) is 1. The quantitative estimate of drug-likeness (QED) is 0.907. The van der Waals surface area contributed by atoms with Crippen molar-refractivity contribution in [3.8, 4) is 5.75 Å². The number of carbonyl (C=O) groups is 1. The molecule has 0 radical (unpaired) electrons. The molecule has 2 rings (SSSR count). The Labute approximate surface area is 132 Å². The third kappa shape index (κ3) is 4.10. The standard InChI is InChI=1S/C19H23NO2/c1-13-10-11-18(14(2)12-13)15(3)20-19(21)16(4)22-17-8-6-5-7-9-17/h5-12,15-16H,1-4H3,(H,20,21)/t15-,16-/m0/s1. The van der Waals surface area contributed by atoms with Crippen LogP contribution in [0.2, 0.25) is 0 Å². The Bertz CT molecular complexity index is 637. The molecule has 1 amide bonds. The fourth-order valence-corrected chi connectivity index (χ4v) is 2.48. The predicted octanol–water partition coefficient (Wildman–Crippen LogP) is 3.95. The van der Waals surface area contributed by atoms with E-state index in [0.29, 0.717) is 5.75 Å². The van der Waals surface area contributed by atoms with Gasteiger partial charge in [0.25, 0.3) is 5.91 Å². The van der Waals surface area contributed by atoms with Crippen molar-refractivity contribution in [3.05, 3.63) is 65.2 Å². The van der Waals surface area contributed by atoms with Crippen LogP contribution in [-0.4, -0.2) is 12.0 Å². The van der Waals surface area contributed by atoms with E-state index in [1.807, 2.05) is 37.3 Å². The van der Waals surface area contributed by atoms with Crippen LogP contribution in [0, 0.1) is 13.8 Å². The molecule has 3 nitrogen and oxygen atoms in total. The fourth-order valence-electron chi connectivity index (χ4n) is 2.48. The van der Waals surface area contributed by atoms with Gasteiger partial charge in [0.15, 0.2) is 6.10 Å². The van der Waals surface area contributed by atoms with Crippen LogP contribution < -0.4 is 10.1 Å². The lowest BCUT2D eigenvalue weighted by atomic mass is 10.0. The Balaban J connectivity index is 1.98. The summed E-state index contributed by atoms with van der Waals surface area (Å²) in [6.07, 6.45) is -0.532. The monoisotopic (exact) mass is 297 g/mol. The molecule has 0 aliphatic carbocycles. The van der Waals surface area contributed by atoms with Crippen molar-refractivity contribution in [2.75, 3.05) is 0 Å². The zero-order valence-electron chi connectivity index (χ0n) is 13.6. The molecular weight excluding hydrogens is 274 g/mol. The first-order valence-electron chi connectivity index (χ1n) is 7.56. The van der Waals surface area contributed by atoms with Gasteiger partial charge in [0.05, 0.1) is 6.04 Å². The average Bonchev–Trinajstić information content (AvgIpc) is 2.47. The van der Waals surface area contributed by atoms with Crippen molar-refractivity contribution >= 4 is 5.91 Å². The lowest BCUT2D eigenvalue weighted by Crippen LogP contribution is -2.37. The SMILES string of the molecule is Cc1ccc([C@H](C)NC(=O)[C@H](C)Oc2ccccc2)c(C)c1. The number of benzene rings is 2. The van der Waals surface area contributed by atoms with Gasteiger partial charge in [-0.3, -0.25) is 4.79 Å². The molecule has 116 valence electrons. The van der Waals surface area contributed by atoms with Gasteiger partial charge >= 0.3 is 0 Å². The molecule has 2 aromatic carbocycles. The molecule has 3 heteroatoms. The topological polar surface area (TPSA) is 38.3 Å². The molecule has 0 aromatic heterocycles. The Hall–Kier alpha value is -2.29. The highest BCUT2D eigenvalue weighted by Crippen LogP contribution is 2.19. The number of ether oxygens (including phenoxy) is 1. The maximum Gasteiger partial charge on any atom is 0.261 e. The number of rotatable bonds is 5. The summed E-state index contributed by atoms with van der Waals surface area (Å²) in [5.41, 5.74) is 3.54. The van der Waals surface area contributed by atoms with E-state index in [1.165, 1.54) is 11.1 Å². The van der Waals surface area contributed by atoms with Crippen molar-refractivity contribution < 1.29 is 9.53 Å². The Morgan fingerprint density at radius 2 is 1.73 bits per heavy atom. The summed E-state index contributed by atoms with van der Waals surface area (Å²) < 4.78 is 5.65. The lowest BCUT2D eigenvalue weighted by Gasteiger charge is -2.20. The second kappa shape index (κ2) is 7.12. The van der Waals surface area contributed by atoms with E-state index in [9.17, 15) is 4.79 Å². The number of para-hydroxylation sites is 1. The molecule has 0 fully saturated rings. The minimum atomic E-state index is -0.532. The fraction of sp³-hybridized carbons (Fsp3) is 0.316. The molecular formula is C19H23NO2. The van der Waals surface area contributed by atoms with E-state index in [4.69, 9.17) is 4.74 Å². The zero-order chi connectivity index (χ0) is 16.1. The molecule has 0 bridgehead atoms. The van der Waals surface area contributed by atoms with Gasteiger partial charge in [-0.05, 0) is 51.0 Å². The second-order valence-electron chi connectivity index (χ2n) is 5.66. The molecule has 0 aliphatic rings. The van der Waals surface area contributed by atoms with E-state index in [0.717, 1.165) is 5.56 Å². The van der Waals surface area contributed by atoms with Crippen molar-refractivity contribution in [2.45, 2.75) is 39.8 Å². The molecule has 0 unspecified atom stereocenters. The van der Waals surface area contributed by atoms with Gasteiger partial charge < -0.3 is 10.1 Å². The van der Waals surface area contributed by atoms with E-state index in [2.05, 4.69) is 37.4 Å². The van der Waals surface area contributed by atoms with E-state index in [-0.39, 0.29) is 11.9 Å². The van der Waals surface area contributed by atoms with Gasteiger partial charge in [-0.2, -0.15) is 0 Å². The van der Waals surface area contributed by atoms with Gasteiger partial charge in [-0.25, -0.2) is 0 Å². The Kier molecular flexibility index (Phi) is 5.21. The second-order valence-corrected chi connectivity index (χ2v) is 5.66. The molecule has 2 atom stereocenters. The molecule has 2 aromatic rings. The first-order chi connectivity index (χ1) is 10.5. The van der Waals surface area contributed by atoms with Gasteiger partial charge in [0.2, 0.25) is 0 Å². The maximum atomic E-state index is 12.3. The van der Waals surface area contributed by atoms with E-state index in [1.54, 1.807) is 6.92 Å². The summed E-state index contributed by atoms with van der Waals surface area (Å²) in [4.78, 5) is 12.3. The van der Waals surface area contributed by atoms with Crippen LogP contribution in [0.1, 0.15) is 36.6 Å². The first kappa shape index (κ1) is 16.1. The highest BCUT2D eigenvalue weighted by molar-refractivity contribution is 5.81. The molecule has 0 saturated heterocycles. The van der Waals surface area contributed by atoms with E-state index < -0.39 is 6.10 Å². The van der Waals surface area contributed by atoms with Crippen LogP contribution in [-0.2, 0) is 4.79 Å². The average molecular weight is 297 g/mol. The van der Waals surface area contributed by atoms with Crippen LogP contribution in [0.25, 0.3) is 0 Å².